The SMILES string of the molecule is O=C1c2ccccc2C(=O)c2sc(-c3ncc(-c4ccccc4)o3)nc21.c1cscn1. The van der Waals surface area contributed by atoms with Crippen molar-refractivity contribution >= 4 is 34.2 Å². The molecule has 2 aromatic carbocycles. The number of oxazole rings is 1. The Morgan fingerprint density at radius 2 is 1.61 bits per heavy atom. The molecule has 0 amide bonds. The predicted molar refractivity (Wildman–Crippen MR) is 118 cm³/mol. The summed E-state index contributed by atoms with van der Waals surface area (Å²) in [6, 6.07) is 16.4. The monoisotopic (exact) mass is 443 g/mol. The molecule has 6 rings (SSSR count). The lowest BCUT2D eigenvalue weighted by molar-refractivity contribution is 0.0979. The van der Waals surface area contributed by atoms with Gasteiger partial charge in [-0.25, -0.2) is 9.97 Å². The highest BCUT2D eigenvalue weighted by Crippen LogP contribution is 2.35. The van der Waals surface area contributed by atoms with Crippen LogP contribution in [0.25, 0.3) is 22.2 Å². The highest BCUT2D eigenvalue weighted by Gasteiger charge is 2.34. The molecule has 0 unspecified atom stereocenters. The van der Waals surface area contributed by atoms with Gasteiger partial charge in [0.05, 0.1) is 11.7 Å². The van der Waals surface area contributed by atoms with Gasteiger partial charge in [-0.3, -0.25) is 14.6 Å². The number of carbonyl (C=O) groups is 2. The first-order valence-corrected chi connectivity index (χ1v) is 11.0. The second-order valence-electron chi connectivity index (χ2n) is 6.47. The predicted octanol–water partition coefficient (Wildman–Crippen LogP) is 5.38. The molecule has 6 nitrogen and oxygen atoms in total. The summed E-state index contributed by atoms with van der Waals surface area (Å²) in [7, 11) is 0. The molecule has 0 atom stereocenters. The molecule has 0 N–H and O–H groups in total. The number of rotatable bonds is 2. The van der Waals surface area contributed by atoms with Gasteiger partial charge >= 0.3 is 0 Å². The molecule has 1 aliphatic rings. The van der Waals surface area contributed by atoms with Crippen LogP contribution in [0.1, 0.15) is 31.3 Å². The summed E-state index contributed by atoms with van der Waals surface area (Å²) < 4.78 is 5.80. The second kappa shape index (κ2) is 8.17. The molecule has 0 spiro atoms. The van der Waals surface area contributed by atoms with E-state index >= 15 is 0 Å². The molecule has 8 heteroatoms. The Morgan fingerprint density at radius 1 is 0.871 bits per heavy atom. The van der Waals surface area contributed by atoms with Gasteiger partial charge < -0.3 is 4.42 Å². The van der Waals surface area contributed by atoms with Crippen LogP contribution in [0.5, 0.6) is 0 Å². The fraction of sp³-hybridized carbons (Fsp3) is 0. The number of benzene rings is 2. The van der Waals surface area contributed by atoms with E-state index in [1.165, 1.54) is 0 Å². The Labute approximate surface area is 184 Å². The fourth-order valence-corrected chi connectivity index (χ4v) is 4.43. The van der Waals surface area contributed by atoms with Crippen molar-refractivity contribution in [2.75, 3.05) is 0 Å². The molecule has 0 aliphatic heterocycles. The zero-order valence-electron chi connectivity index (χ0n) is 15.9. The number of aromatic nitrogens is 3. The Bertz CT molecular complexity index is 1300. The maximum absolute atomic E-state index is 12.7. The molecule has 0 saturated carbocycles. The molecular weight excluding hydrogens is 430 g/mol. The molecule has 31 heavy (non-hydrogen) atoms. The number of hydrogen-bond acceptors (Lipinski definition) is 8. The standard InChI is InChI=1S/C20H10N2O3S.C3H3NS/c23-16-12-8-4-5-9-13(12)17(24)18-15(16)22-20(26-18)19-21-10-14(25-19)11-6-2-1-3-7-11;1-2-5-3-4-1/h1-10H;1-3H. The van der Waals surface area contributed by atoms with Crippen molar-refractivity contribution in [3.05, 3.63) is 99.6 Å². The van der Waals surface area contributed by atoms with Crippen molar-refractivity contribution < 1.29 is 14.0 Å². The van der Waals surface area contributed by atoms with E-state index in [1.54, 1.807) is 53.5 Å². The average Bonchev–Trinajstić information content (AvgIpc) is 3.60. The van der Waals surface area contributed by atoms with E-state index in [9.17, 15) is 9.59 Å². The summed E-state index contributed by atoms with van der Waals surface area (Å²) in [6.45, 7) is 0. The van der Waals surface area contributed by atoms with E-state index in [0.29, 0.717) is 32.7 Å². The van der Waals surface area contributed by atoms with Crippen LogP contribution in [0.4, 0.5) is 0 Å². The number of hydrogen-bond donors (Lipinski definition) is 0. The first kappa shape index (κ1) is 19.2. The van der Waals surface area contributed by atoms with E-state index < -0.39 is 0 Å². The Morgan fingerprint density at radius 3 is 2.29 bits per heavy atom. The van der Waals surface area contributed by atoms with Gasteiger partial charge in [0, 0.05) is 28.3 Å². The number of fused-ring (bicyclic) bond motifs is 2. The van der Waals surface area contributed by atoms with E-state index in [-0.39, 0.29) is 17.3 Å². The second-order valence-corrected chi connectivity index (χ2v) is 8.23. The van der Waals surface area contributed by atoms with E-state index in [0.717, 1.165) is 16.9 Å². The van der Waals surface area contributed by atoms with Crippen LogP contribution in [0.2, 0.25) is 0 Å². The van der Waals surface area contributed by atoms with Crippen molar-refractivity contribution in [1.82, 2.24) is 15.0 Å². The van der Waals surface area contributed by atoms with Gasteiger partial charge in [0.2, 0.25) is 11.6 Å². The number of nitrogens with zero attached hydrogens (tertiary/aromatic N) is 3. The zero-order valence-corrected chi connectivity index (χ0v) is 17.5. The lowest BCUT2D eigenvalue weighted by Gasteiger charge is -2.11. The summed E-state index contributed by atoms with van der Waals surface area (Å²) in [6.07, 6.45) is 3.38. The molecule has 150 valence electrons. The van der Waals surface area contributed by atoms with Crippen LogP contribution in [-0.2, 0) is 0 Å². The fourth-order valence-electron chi connectivity index (χ4n) is 3.13. The first-order chi connectivity index (χ1) is 15.2. The number of ketones is 2. The van der Waals surface area contributed by atoms with Crippen LogP contribution in [0.15, 0.2) is 82.3 Å². The van der Waals surface area contributed by atoms with Crippen LogP contribution >= 0.6 is 22.7 Å². The smallest absolute Gasteiger partial charge is 0.256 e. The molecule has 0 radical (unpaired) electrons. The molecule has 0 bridgehead atoms. The number of carbonyl (C=O) groups excluding carboxylic acids is 2. The van der Waals surface area contributed by atoms with Crippen molar-refractivity contribution in [1.29, 1.82) is 0 Å². The van der Waals surface area contributed by atoms with Crippen molar-refractivity contribution in [2.24, 2.45) is 0 Å². The summed E-state index contributed by atoms with van der Waals surface area (Å²) in [5.74, 6) is 0.476. The summed E-state index contributed by atoms with van der Waals surface area (Å²) >= 11 is 2.74. The van der Waals surface area contributed by atoms with E-state index in [2.05, 4.69) is 15.0 Å². The average molecular weight is 444 g/mol. The maximum Gasteiger partial charge on any atom is 0.256 e. The van der Waals surface area contributed by atoms with Crippen molar-refractivity contribution in [3.63, 3.8) is 0 Å². The van der Waals surface area contributed by atoms with Crippen molar-refractivity contribution in [3.8, 4) is 22.2 Å². The lowest BCUT2D eigenvalue weighted by Crippen LogP contribution is -2.19. The minimum Gasteiger partial charge on any atom is -0.434 e. The molecule has 3 heterocycles. The summed E-state index contributed by atoms with van der Waals surface area (Å²) in [5, 5.41) is 2.35. The third-order valence-electron chi connectivity index (χ3n) is 4.56. The largest absolute Gasteiger partial charge is 0.434 e. The van der Waals surface area contributed by atoms with Crippen LogP contribution in [-0.4, -0.2) is 26.5 Å². The Hall–Kier alpha value is -3.75. The van der Waals surface area contributed by atoms with Gasteiger partial charge in [0.25, 0.3) is 5.89 Å². The molecule has 3 aromatic heterocycles. The van der Waals surface area contributed by atoms with Crippen LogP contribution in [0.3, 0.4) is 0 Å². The minimum absolute atomic E-state index is 0.174. The van der Waals surface area contributed by atoms with Gasteiger partial charge in [-0.1, -0.05) is 54.6 Å². The van der Waals surface area contributed by atoms with Gasteiger partial charge in [-0.2, -0.15) is 0 Å². The molecule has 0 fully saturated rings. The normalized spacial score (nSPS) is 12.0. The van der Waals surface area contributed by atoms with Crippen molar-refractivity contribution in [2.45, 2.75) is 0 Å². The van der Waals surface area contributed by atoms with Gasteiger partial charge in [-0.15, -0.1) is 22.7 Å². The number of thiazole rings is 2. The summed E-state index contributed by atoms with van der Waals surface area (Å²) in [4.78, 5) is 38.0. The molecular formula is C23H13N3O3S2. The minimum atomic E-state index is -0.243. The van der Waals surface area contributed by atoms with Crippen LogP contribution in [0, 0.1) is 0 Å². The zero-order chi connectivity index (χ0) is 21.2. The maximum atomic E-state index is 12.7. The molecule has 5 aromatic rings. The lowest BCUT2D eigenvalue weighted by atomic mass is 9.91. The van der Waals surface area contributed by atoms with Gasteiger partial charge in [0.15, 0.2) is 10.8 Å². The Balaban J connectivity index is 0.000000361. The highest BCUT2D eigenvalue weighted by molar-refractivity contribution is 7.17. The van der Waals surface area contributed by atoms with Crippen LogP contribution < -0.4 is 0 Å². The van der Waals surface area contributed by atoms with Gasteiger partial charge in [-0.05, 0) is 0 Å². The van der Waals surface area contributed by atoms with E-state index in [4.69, 9.17) is 4.42 Å². The quantitative estimate of drug-likeness (QED) is 0.357. The molecule has 0 saturated heterocycles. The van der Waals surface area contributed by atoms with E-state index in [1.807, 2.05) is 35.7 Å². The summed E-state index contributed by atoms with van der Waals surface area (Å²) in [5.41, 5.74) is 3.66. The Kier molecular flexibility index (Phi) is 5.07. The third-order valence-corrected chi connectivity index (χ3v) is 6.12. The topological polar surface area (TPSA) is 86.0 Å². The first-order valence-electron chi connectivity index (χ1n) is 9.25. The highest BCUT2D eigenvalue weighted by atomic mass is 32.1. The third kappa shape index (κ3) is 3.63. The molecule has 1 aliphatic carbocycles. The van der Waals surface area contributed by atoms with Gasteiger partial charge in [0.1, 0.15) is 10.6 Å².